The molecule has 0 fully saturated rings. The van der Waals surface area contributed by atoms with Crippen molar-refractivity contribution in [2.24, 2.45) is 10.9 Å². The summed E-state index contributed by atoms with van der Waals surface area (Å²) in [6, 6.07) is 5.79. The van der Waals surface area contributed by atoms with Gasteiger partial charge in [0.1, 0.15) is 0 Å². The van der Waals surface area contributed by atoms with Crippen LogP contribution in [0.3, 0.4) is 0 Å². The van der Waals surface area contributed by atoms with Crippen molar-refractivity contribution in [1.29, 1.82) is 0 Å². The van der Waals surface area contributed by atoms with E-state index in [9.17, 15) is 0 Å². The van der Waals surface area contributed by atoms with E-state index in [0.29, 0.717) is 16.3 Å². The maximum Gasteiger partial charge on any atom is 0.0813 e. The van der Waals surface area contributed by atoms with Crippen molar-refractivity contribution < 1.29 is 5.11 Å². The van der Waals surface area contributed by atoms with Crippen LogP contribution < -0.4 is 5.84 Å². The average Bonchev–Trinajstić information content (AvgIpc) is 2.34. The first-order valence-electron chi connectivity index (χ1n) is 5.31. The van der Waals surface area contributed by atoms with Gasteiger partial charge in [-0.1, -0.05) is 23.7 Å². The lowest BCUT2D eigenvalue weighted by Crippen LogP contribution is -1.97. The number of nitrogens with zero attached hydrogens (tertiary/aromatic N) is 2. The maximum atomic E-state index is 8.89. The molecule has 0 aliphatic carbocycles. The molecule has 1 heterocycles. The van der Waals surface area contributed by atoms with Crippen molar-refractivity contribution in [3.8, 4) is 0 Å². The molecule has 2 rings (SSSR count). The van der Waals surface area contributed by atoms with Gasteiger partial charge in [-0.25, -0.2) is 4.98 Å². The number of aliphatic hydroxyl groups excluding tert-OH is 1. The molecule has 5 heteroatoms. The molecule has 2 aromatic rings. The number of halogens is 1. The third-order valence-electron chi connectivity index (χ3n) is 2.58. The van der Waals surface area contributed by atoms with E-state index in [2.05, 4.69) is 10.1 Å². The van der Waals surface area contributed by atoms with Gasteiger partial charge in [0.2, 0.25) is 0 Å². The lowest BCUT2D eigenvalue weighted by molar-refractivity contribution is 0.478. The van der Waals surface area contributed by atoms with Gasteiger partial charge in [0, 0.05) is 10.9 Å². The Morgan fingerprint density at radius 3 is 2.89 bits per heavy atom. The summed E-state index contributed by atoms with van der Waals surface area (Å²) in [5.41, 5.74) is 2.96. The van der Waals surface area contributed by atoms with Crippen molar-refractivity contribution in [2.45, 2.75) is 6.92 Å². The molecule has 3 N–H and O–H groups in total. The monoisotopic (exact) mass is 261 g/mol. The minimum atomic E-state index is 0.516. The predicted octanol–water partition coefficient (Wildman–Crippen LogP) is 3.02. The molecule has 1 aromatic carbocycles. The van der Waals surface area contributed by atoms with Crippen LogP contribution in [0.2, 0.25) is 5.02 Å². The molecule has 0 amide bonds. The van der Waals surface area contributed by atoms with E-state index in [-0.39, 0.29) is 0 Å². The minimum Gasteiger partial charge on any atom is -0.516 e. The molecular weight excluding hydrogens is 250 g/mol. The van der Waals surface area contributed by atoms with Gasteiger partial charge in [-0.15, -0.1) is 0 Å². The highest BCUT2D eigenvalue weighted by molar-refractivity contribution is 6.38. The molecule has 0 bridgehead atoms. The van der Waals surface area contributed by atoms with Gasteiger partial charge >= 0.3 is 0 Å². The Labute approximate surface area is 109 Å². The number of nitrogens with two attached hydrogens (primary N) is 1. The van der Waals surface area contributed by atoms with Crippen LogP contribution >= 0.6 is 11.6 Å². The predicted molar refractivity (Wildman–Crippen MR) is 74.9 cm³/mol. The van der Waals surface area contributed by atoms with Gasteiger partial charge in [-0.3, -0.25) is 0 Å². The minimum absolute atomic E-state index is 0.516. The quantitative estimate of drug-likeness (QED) is 0.378. The third-order valence-corrected chi connectivity index (χ3v) is 2.99. The Kier molecular flexibility index (Phi) is 3.48. The summed E-state index contributed by atoms with van der Waals surface area (Å²) in [6.07, 6.45) is 3.78. The van der Waals surface area contributed by atoms with Gasteiger partial charge in [0.05, 0.1) is 28.7 Å². The van der Waals surface area contributed by atoms with Gasteiger partial charge in [-0.05, 0) is 24.6 Å². The van der Waals surface area contributed by atoms with Gasteiger partial charge in [0.15, 0.2) is 0 Å². The summed E-state index contributed by atoms with van der Waals surface area (Å²) in [5, 5.41) is 13.7. The Hall–Kier alpha value is -2.07. The van der Waals surface area contributed by atoms with Crippen LogP contribution in [0, 0.1) is 6.92 Å². The number of benzene rings is 1. The summed E-state index contributed by atoms with van der Waals surface area (Å²) in [6.45, 7) is 1.98. The van der Waals surface area contributed by atoms with Crippen LogP contribution in [0.25, 0.3) is 17.0 Å². The molecule has 0 saturated heterocycles. The molecule has 0 saturated carbocycles. The molecule has 1 aromatic heterocycles. The van der Waals surface area contributed by atoms with Crippen molar-refractivity contribution in [3.63, 3.8) is 0 Å². The van der Waals surface area contributed by atoms with E-state index in [0.717, 1.165) is 22.7 Å². The number of aromatic nitrogens is 1. The van der Waals surface area contributed by atoms with Gasteiger partial charge < -0.3 is 10.9 Å². The second-order valence-corrected chi connectivity index (χ2v) is 4.22. The molecule has 0 unspecified atom stereocenters. The number of aliphatic hydroxyl groups is 1. The number of aryl methyl sites for hydroxylation is 1. The number of hydrogen-bond donors (Lipinski definition) is 2. The fourth-order valence-corrected chi connectivity index (χ4v) is 2.07. The summed E-state index contributed by atoms with van der Waals surface area (Å²) in [4.78, 5) is 4.43. The van der Waals surface area contributed by atoms with Crippen LogP contribution in [0.15, 0.2) is 29.6 Å². The van der Waals surface area contributed by atoms with Crippen molar-refractivity contribution >= 4 is 34.8 Å². The van der Waals surface area contributed by atoms with Crippen LogP contribution in [-0.2, 0) is 0 Å². The second kappa shape index (κ2) is 5.06. The number of hydrogen-bond acceptors (Lipinski definition) is 4. The Bertz CT molecular complexity index is 650. The van der Waals surface area contributed by atoms with Crippen molar-refractivity contribution in [1.82, 2.24) is 4.98 Å². The molecule has 92 valence electrons. The van der Waals surface area contributed by atoms with E-state index >= 15 is 0 Å². The third kappa shape index (κ3) is 2.15. The average molecular weight is 262 g/mol. The lowest BCUT2D eigenvalue weighted by atomic mass is 10.1. The van der Waals surface area contributed by atoms with E-state index < -0.39 is 0 Å². The number of fused-ring (bicyclic) bond motifs is 1. The molecule has 0 atom stereocenters. The zero-order chi connectivity index (χ0) is 13.1. The molecular formula is C13H12ClN3O. The second-order valence-electron chi connectivity index (χ2n) is 3.84. The smallest absolute Gasteiger partial charge is 0.0813 e. The zero-order valence-corrected chi connectivity index (χ0v) is 10.5. The van der Waals surface area contributed by atoms with E-state index in [1.807, 2.05) is 25.1 Å². The van der Waals surface area contributed by atoms with Gasteiger partial charge in [0.25, 0.3) is 0 Å². The number of rotatable bonds is 2. The normalized spacial score (nSPS) is 11.9. The molecule has 0 spiro atoms. The highest BCUT2D eigenvalue weighted by Gasteiger charge is 2.10. The lowest BCUT2D eigenvalue weighted by Gasteiger charge is -2.08. The Balaban J connectivity index is 2.84. The SMILES string of the molecule is Cc1ccc2c(Cl)c(/C=N/N)c(/C=C/O)nc2c1. The molecule has 0 aliphatic rings. The van der Waals surface area contributed by atoms with Crippen molar-refractivity contribution in [3.05, 3.63) is 46.3 Å². The fourth-order valence-electron chi connectivity index (χ4n) is 1.76. The van der Waals surface area contributed by atoms with E-state index in [1.165, 1.54) is 12.3 Å². The molecule has 0 radical (unpaired) electrons. The fraction of sp³-hybridized carbons (Fsp3) is 0.0769. The largest absolute Gasteiger partial charge is 0.516 e. The zero-order valence-electron chi connectivity index (χ0n) is 9.76. The first kappa shape index (κ1) is 12.4. The van der Waals surface area contributed by atoms with Crippen LogP contribution in [0.5, 0.6) is 0 Å². The van der Waals surface area contributed by atoms with E-state index in [1.54, 1.807) is 0 Å². The summed E-state index contributed by atoms with van der Waals surface area (Å²) < 4.78 is 0. The molecule has 4 nitrogen and oxygen atoms in total. The molecule has 0 aliphatic heterocycles. The van der Waals surface area contributed by atoms with Crippen LogP contribution in [0.4, 0.5) is 0 Å². The van der Waals surface area contributed by atoms with Crippen LogP contribution in [-0.4, -0.2) is 16.3 Å². The first-order chi connectivity index (χ1) is 8.67. The van der Waals surface area contributed by atoms with Crippen LogP contribution in [0.1, 0.15) is 16.8 Å². The maximum absolute atomic E-state index is 8.89. The molecule has 18 heavy (non-hydrogen) atoms. The number of hydrazone groups is 1. The van der Waals surface area contributed by atoms with E-state index in [4.69, 9.17) is 22.6 Å². The van der Waals surface area contributed by atoms with Gasteiger partial charge in [-0.2, -0.15) is 5.10 Å². The Morgan fingerprint density at radius 1 is 1.44 bits per heavy atom. The summed E-state index contributed by atoms with van der Waals surface area (Å²) >= 11 is 6.31. The topological polar surface area (TPSA) is 71.5 Å². The standard InChI is InChI=1S/C13H12ClN3O/c1-8-2-3-9-12(6-8)17-11(4-5-18)10(7-16-15)13(9)14/h2-7,18H,15H2,1H3/b5-4+,16-7+. The summed E-state index contributed by atoms with van der Waals surface area (Å²) in [5.74, 6) is 5.16. The number of pyridine rings is 1. The first-order valence-corrected chi connectivity index (χ1v) is 5.69. The van der Waals surface area contributed by atoms with Crippen molar-refractivity contribution in [2.75, 3.05) is 0 Å². The highest BCUT2D eigenvalue weighted by atomic mass is 35.5. The Morgan fingerprint density at radius 2 is 2.22 bits per heavy atom. The summed E-state index contributed by atoms with van der Waals surface area (Å²) in [7, 11) is 0. The highest BCUT2D eigenvalue weighted by Crippen LogP contribution is 2.28.